The lowest BCUT2D eigenvalue weighted by molar-refractivity contribution is 0.402. The van der Waals surface area contributed by atoms with Crippen molar-refractivity contribution in [2.45, 2.75) is 26.3 Å². The highest BCUT2D eigenvalue weighted by Gasteiger charge is 2.11. The van der Waals surface area contributed by atoms with Gasteiger partial charge in [-0.2, -0.15) is 0 Å². The van der Waals surface area contributed by atoms with Gasteiger partial charge in [0.1, 0.15) is 12.1 Å². The lowest BCUT2D eigenvalue weighted by Gasteiger charge is -2.12. The van der Waals surface area contributed by atoms with Gasteiger partial charge in [0.2, 0.25) is 0 Å². The van der Waals surface area contributed by atoms with Crippen LogP contribution in [0, 0.1) is 6.92 Å². The molecule has 0 atom stereocenters. The zero-order chi connectivity index (χ0) is 21.1. The van der Waals surface area contributed by atoms with Crippen molar-refractivity contribution in [3.63, 3.8) is 0 Å². The Morgan fingerprint density at radius 2 is 1.77 bits per heavy atom. The molecule has 0 fully saturated rings. The Bertz CT molecular complexity index is 1150. The van der Waals surface area contributed by atoms with Gasteiger partial charge in [-0.3, -0.25) is 4.40 Å². The van der Waals surface area contributed by atoms with E-state index in [0.29, 0.717) is 0 Å². The van der Waals surface area contributed by atoms with Crippen LogP contribution in [0.1, 0.15) is 22.4 Å². The summed E-state index contributed by atoms with van der Waals surface area (Å²) >= 11 is 0. The van der Waals surface area contributed by atoms with Gasteiger partial charge in [0, 0.05) is 17.8 Å². The van der Waals surface area contributed by atoms with Crippen molar-refractivity contribution in [3.05, 3.63) is 83.3 Å². The minimum Gasteiger partial charge on any atom is -0.496 e. The van der Waals surface area contributed by atoms with Crippen molar-refractivity contribution in [2.24, 2.45) is 0 Å². The fraction of sp³-hybridized carbons (Fsp3) is 0.280. The number of hydrogen-bond donors (Lipinski definition) is 0. The van der Waals surface area contributed by atoms with Crippen LogP contribution in [-0.4, -0.2) is 40.7 Å². The third-order valence-electron chi connectivity index (χ3n) is 5.40. The second kappa shape index (κ2) is 8.67. The maximum absolute atomic E-state index is 5.56. The minimum atomic E-state index is 0.885. The Kier molecular flexibility index (Phi) is 5.81. The maximum Gasteiger partial charge on any atom is 0.168 e. The maximum atomic E-state index is 5.56. The van der Waals surface area contributed by atoms with Crippen molar-refractivity contribution < 1.29 is 4.74 Å². The van der Waals surface area contributed by atoms with E-state index >= 15 is 0 Å². The molecule has 5 nitrogen and oxygen atoms in total. The molecule has 0 unspecified atom stereocenters. The molecular weight excluding hydrogens is 372 g/mol. The molecular formula is C25H28N4O. The lowest BCUT2D eigenvalue weighted by Crippen LogP contribution is -2.10. The molecule has 0 saturated heterocycles. The van der Waals surface area contributed by atoms with E-state index in [1.165, 1.54) is 22.4 Å². The first-order valence-electron chi connectivity index (χ1n) is 10.2. The Balaban J connectivity index is 1.60. The first-order chi connectivity index (χ1) is 14.5. The number of aryl methyl sites for hydroxylation is 3. The van der Waals surface area contributed by atoms with Crippen LogP contribution in [0.4, 0.5) is 0 Å². The number of aromatic nitrogens is 3. The summed E-state index contributed by atoms with van der Waals surface area (Å²) in [6.45, 7) is 3.01. The van der Waals surface area contributed by atoms with Gasteiger partial charge in [-0.05, 0) is 74.3 Å². The summed E-state index contributed by atoms with van der Waals surface area (Å²) in [4.78, 5) is 2.17. The monoisotopic (exact) mass is 400 g/mol. The van der Waals surface area contributed by atoms with Crippen molar-refractivity contribution in [2.75, 3.05) is 21.2 Å². The van der Waals surface area contributed by atoms with E-state index in [0.717, 1.165) is 41.9 Å². The highest BCUT2D eigenvalue weighted by atomic mass is 16.5. The number of hydrogen-bond acceptors (Lipinski definition) is 4. The predicted octanol–water partition coefficient (Wildman–Crippen LogP) is 4.56. The fourth-order valence-electron chi connectivity index (χ4n) is 3.87. The van der Waals surface area contributed by atoms with Crippen LogP contribution in [0.3, 0.4) is 0 Å². The molecule has 0 saturated carbocycles. The van der Waals surface area contributed by atoms with Gasteiger partial charge in [0.25, 0.3) is 0 Å². The third kappa shape index (κ3) is 4.21. The Morgan fingerprint density at radius 1 is 0.967 bits per heavy atom. The molecule has 4 rings (SSSR count). The van der Waals surface area contributed by atoms with Crippen LogP contribution in [-0.2, 0) is 19.4 Å². The molecule has 0 aliphatic rings. The van der Waals surface area contributed by atoms with Crippen LogP contribution >= 0.6 is 0 Å². The van der Waals surface area contributed by atoms with Crippen LogP contribution in [0.25, 0.3) is 16.8 Å². The van der Waals surface area contributed by atoms with Gasteiger partial charge in [-0.15, -0.1) is 10.2 Å². The minimum absolute atomic E-state index is 0.885. The second-order valence-corrected chi connectivity index (χ2v) is 8.01. The summed E-state index contributed by atoms with van der Waals surface area (Å²) < 4.78 is 7.66. The molecule has 4 aromatic rings. The van der Waals surface area contributed by atoms with Crippen LogP contribution in [0.5, 0.6) is 5.75 Å². The lowest BCUT2D eigenvalue weighted by atomic mass is 10.0. The van der Waals surface area contributed by atoms with E-state index < -0.39 is 0 Å². The zero-order valence-electron chi connectivity index (χ0n) is 18.1. The Morgan fingerprint density at radius 3 is 2.50 bits per heavy atom. The van der Waals surface area contributed by atoms with E-state index in [4.69, 9.17) is 4.74 Å². The molecule has 0 bridgehead atoms. The summed E-state index contributed by atoms with van der Waals surface area (Å²) in [5, 5.41) is 8.59. The SMILES string of the molecule is COc1cc(C)ccc1CCc1ccc(-c2ccc(CN(C)C)cc2)c2nncn12. The quantitative estimate of drug-likeness (QED) is 0.456. The highest BCUT2D eigenvalue weighted by Crippen LogP contribution is 2.26. The van der Waals surface area contributed by atoms with E-state index in [1.807, 2.05) is 0 Å². The summed E-state index contributed by atoms with van der Waals surface area (Å²) in [5.74, 6) is 0.949. The number of ether oxygens (including phenoxy) is 1. The molecule has 0 aliphatic carbocycles. The number of rotatable bonds is 7. The fourth-order valence-corrected chi connectivity index (χ4v) is 3.87. The zero-order valence-corrected chi connectivity index (χ0v) is 18.1. The standard InChI is InChI=1S/C25H28N4O/c1-18-5-8-21(24(15-18)30-4)11-12-22-13-14-23(25-27-26-17-29(22)25)20-9-6-19(7-10-20)16-28(2)3/h5-10,13-15,17H,11-12,16H2,1-4H3. The van der Waals surface area contributed by atoms with Gasteiger partial charge in [0.15, 0.2) is 5.65 Å². The van der Waals surface area contributed by atoms with Crippen LogP contribution in [0.15, 0.2) is 60.9 Å². The van der Waals surface area contributed by atoms with E-state index in [9.17, 15) is 0 Å². The molecule has 0 aliphatic heterocycles. The topological polar surface area (TPSA) is 42.7 Å². The number of nitrogens with zero attached hydrogens (tertiary/aromatic N) is 4. The number of pyridine rings is 1. The van der Waals surface area contributed by atoms with Crippen LogP contribution < -0.4 is 4.74 Å². The van der Waals surface area contributed by atoms with Crippen LogP contribution in [0.2, 0.25) is 0 Å². The van der Waals surface area contributed by atoms with Gasteiger partial charge in [-0.25, -0.2) is 0 Å². The number of methoxy groups -OCH3 is 1. The predicted molar refractivity (Wildman–Crippen MR) is 121 cm³/mol. The van der Waals surface area contributed by atoms with E-state index in [1.54, 1.807) is 13.4 Å². The molecule has 0 N–H and O–H groups in total. The average Bonchev–Trinajstić information content (AvgIpc) is 3.23. The highest BCUT2D eigenvalue weighted by molar-refractivity contribution is 5.77. The summed E-state index contributed by atoms with van der Waals surface area (Å²) in [5.41, 5.74) is 8.05. The number of benzene rings is 2. The Labute approximate surface area is 177 Å². The first-order valence-corrected chi connectivity index (χ1v) is 10.2. The summed E-state index contributed by atoms with van der Waals surface area (Å²) in [6.07, 6.45) is 3.59. The second-order valence-electron chi connectivity index (χ2n) is 8.01. The van der Waals surface area contributed by atoms with Gasteiger partial charge < -0.3 is 9.64 Å². The molecule has 0 amide bonds. The molecule has 2 aromatic carbocycles. The molecule has 0 spiro atoms. The normalized spacial score (nSPS) is 11.4. The molecule has 30 heavy (non-hydrogen) atoms. The average molecular weight is 401 g/mol. The largest absolute Gasteiger partial charge is 0.496 e. The summed E-state index contributed by atoms with van der Waals surface area (Å²) in [7, 11) is 5.89. The molecule has 5 heteroatoms. The molecule has 154 valence electrons. The third-order valence-corrected chi connectivity index (χ3v) is 5.40. The van der Waals surface area contributed by atoms with Gasteiger partial charge >= 0.3 is 0 Å². The van der Waals surface area contributed by atoms with Gasteiger partial charge in [-0.1, -0.05) is 36.4 Å². The van der Waals surface area contributed by atoms with Gasteiger partial charge in [0.05, 0.1) is 7.11 Å². The molecule has 0 radical (unpaired) electrons. The van der Waals surface area contributed by atoms with Crippen molar-refractivity contribution in [3.8, 4) is 16.9 Å². The first kappa shape index (κ1) is 20.1. The van der Waals surface area contributed by atoms with Crippen molar-refractivity contribution >= 4 is 5.65 Å². The Hall–Kier alpha value is -3.18. The van der Waals surface area contributed by atoms with E-state index in [-0.39, 0.29) is 0 Å². The molecule has 2 aromatic heterocycles. The smallest absolute Gasteiger partial charge is 0.168 e. The summed E-state index contributed by atoms with van der Waals surface area (Å²) in [6, 6.07) is 19.4. The molecule has 2 heterocycles. The van der Waals surface area contributed by atoms with E-state index in [2.05, 4.69) is 95.1 Å². The number of fused-ring (bicyclic) bond motifs is 1. The van der Waals surface area contributed by atoms with Crippen molar-refractivity contribution in [1.29, 1.82) is 0 Å². The van der Waals surface area contributed by atoms with Crippen molar-refractivity contribution in [1.82, 2.24) is 19.5 Å².